The van der Waals surface area contributed by atoms with Crippen LogP contribution in [0.4, 0.5) is 0 Å². The Bertz CT molecular complexity index is 705. The highest BCUT2D eigenvalue weighted by Gasteiger charge is 2.24. The quantitative estimate of drug-likeness (QED) is 0.705. The van der Waals surface area contributed by atoms with E-state index in [0.717, 1.165) is 17.2 Å². The number of aryl methyl sites for hydroxylation is 2. The topological polar surface area (TPSA) is 99.8 Å². The van der Waals surface area contributed by atoms with Gasteiger partial charge in [-0.3, -0.25) is 5.10 Å². The molecule has 7 nitrogen and oxygen atoms in total. The summed E-state index contributed by atoms with van der Waals surface area (Å²) in [5.74, 6) is 0. The van der Waals surface area contributed by atoms with Crippen molar-refractivity contribution in [3.63, 3.8) is 0 Å². The van der Waals surface area contributed by atoms with Crippen LogP contribution in [-0.2, 0) is 23.1 Å². The Kier molecular flexibility index (Phi) is 5.09. The molecule has 0 saturated heterocycles. The molecule has 0 aliphatic rings. The molecule has 0 spiro atoms. The number of sulfonamides is 1. The fourth-order valence-electron chi connectivity index (χ4n) is 1.90. The summed E-state index contributed by atoms with van der Waals surface area (Å²) >= 11 is 1.44. The van der Waals surface area contributed by atoms with Gasteiger partial charge in [0.1, 0.15) is 9.90 Å². The van der Waals surface area contributed by atoms with Crippen LogP contribution in [0.25, 0.3) is 0 Å². The molecule has 0 aliphatic heterocycles. The van der Waals surface area contributed by atoms with Crippen molar-refractivity contribution in [3.05, 3.63) is 27.5 Å². The van der Waals surface area contributed by atoms with E-state index in [1.165, 1.54) is 11.3 Å². The first-order chi connectivity index (χ1) is 9.94. The van der Waals surface area contributed by atoms with Crippen LogP contribution < -0.4 is 10.0 Å². The van der Waals surface area contributed by atoms with Gasteiger partial charge in [0.15, 0.2) is 0 Å². The first-order valence-corrected chi connectivity index (χ1v) is 8.95. The maximum absolute atomic E-state index is 12.5. The third-order valence-corrected chi connectivity index (χ3v) is 5.42. The molecule has 0 atom stereocenters. The normalized spacial score (nSPS) is 12.0. The van der Waals surface area contributed by atoms with E-state index in [4.69, 9.17) is 0 Å². The predicted octanol–water partition coefficient (Wildman–Crippen LogP) is 1.07. The Balaban J connectivity index is 2.17. The lowest BCUT2D eigenvalue weighted by atomic mass is 10.3. The van der Waals surface area contributed by atoms with Crippen LogP contribution >= 0.6 is 11.3 Å². The van der Waals surface area contributed by atoms with Gasteiger partial charge >= 0.3 is 0 Å². The van der Waals surface area contributed by atoms with Crippen LogP contribution in [0.15, 0.2) is 10.3 Å². The van der Waals surface area contributed by atoms with Crippen molar-refractivity contribution >= 4 is 21.4 Å². The van der Waals surface area contributed by atoms with Gasteiger partial charge in [0.2, 0.25) is 10.0 Å². The highest BCUT2D eigenvalue weighted by Crippen LogP contribution is 2.18. The van der Waals surface area contributed by atoms with Crippen molar-refractivity contribution in [3.8, 4) is 0 Å². The highest BCUT2D eigenvalue weighted by atomic mass is 32.2. The molecule has 9 heteroatoms. The first-order valence-electron chi connectivity index (χ1n) is 6.59. The molecule has 2 heterocycles. The number of aromatic nitrogens is 3. The number of hydrogen-bond donors (Lipinski definition) is 3. The minimum absolute atomic E-state index is 0.187. The highest BCUT2D eigenvalue weighted by molar-refractivity contribution is 7.89. The van der Waals surface area contributed by atoms with E-state index < -0.39 is 10.0 Å². The maximum Gasteiger partial charge on any atom is 0.244 e. The van der Waals surface area contributed by atoms with E-state index in [9.17, 15) is 8.42 Å². The van der Waals surface area contributed by atoms with Crippen LogP contribution in [0.5, 0.6) is 0 Å². The lowest BCUT2D eigenvalue weighted by molar-refractivity contribution is 0.577. The number of thiazole rings is 1. The van der Waals surface area contributed by atoms with Gasteiger partial charge in [0.05, 0.1) is 17.9 Å². The molecule has 3 N–H and O–H groups in total. The van der Waals surface area contributed by atoms with E-state index >= 15 is 0 Å². The first kappa shape index (κ1) is 16.1. The number of rotatable bonds is 7. The van der Waals surface area contributed by atoms with Crippen molar-refractivity contribution in [2.24, 2.45) is 0 Å². The maximum atomic E-state index is 12.5. The molecular formula is C12H19N5O2S2. The number of nitrogens with zero attached hydrogens (tertiary/aromatic N) is 2. The van der Waals surface area contributed by atoms with Crippen LogP contribution in [-0.4, -0.2) is 30.1 Å². The Hall–Kier alpha value is -1.29. The molecule has 2 aromatic heterocycles. The van der Waals surface area contributed by atoms with Crippen molar-refractivity contribution in [2.75, 3.05) is 6.54 Å². The molecule has 0 amide bonds. The molecule has 2 rings (SSSR count). The third-order valence-electron chi connectivity index (χ3n) is 2.85. The summed E-state index contributed by atoms with van der Waals surface area (Å²) in [7, 11) is -3.61. The minimum atomic E-state index is -3.61. The molecule has 116 valence electrons. The Morgan fingerprint density at radius 1 is 1.33 bits per heavy atom. The van der Waals surface area contributed by atoms with E-state index in [0.29, 0.717) is 17.9 Å². The van der Waals surface area contributed by atoms with E-state index in [2.05, 4.69) is 25.2 Å². The summed E-state index contributed by atoms with van der Waals surface area (Å²) in [6.45, 7) is 6.88. The van der Waals surface area contributed by atoms with Crippen LogP contribution in [0.1, 0.15) is 29.0 Å². The molecular weight excluding hydrogens is 310 g/mol. The van der Waals surface area contributed by atoms with Crippen molar-refractivity contribution in [1.29, 1.82) is 0 Å². The van der Waals surface area contributed by atoms with E-state index in [1.807, 2.05) is 19.2 Å². The van der Waals surface area contributed by atoms with Gasteiger partial charge in [-0.2, -0.15) is 5.10 Å². The minimum Gasteiger partial charge on any atom is -0.311 e. The summed E-state index contributed by atoms with van der Waals surface area (Å²) in [5, 5.41) is 12.5. The van der Waals surface area contributed by atoms with Crippen LogP contribution in [0.2, 0.25) is 0 Å². The number of aromatic amines is 1. The van der Waals surface area contributed by atoms with Crippen LogP contribution in [0, 0.1) is 13.8 Å². The third kappa shape index (κ3) is 3.88. The summed E-state index contributed by atoms with van der Waals surface area (Å²) in [5.41, 5.74) is 1.92. The second-order valence-electron chi connectivity index (χ2n) is 4.61. The average Bonchev–Trinajstić information content (AvgIpc) is 3.00. The monoisotopic (exact) mass is 329 g/mol. The molecule has 21 heavy (non-hydrogen) atoms. The molecule has 0 aliphatic carbocycles. The predicted molar refractivity (Wildman–Crippen MR) is 81.6 cm³/mol. The largest absolute Gasteiger partial charge is 0.311 e. The van der Waals surface area contributed by atoms with Crippen LogP contribution in [0.3, 0.4) is 0 Å². The number of nitrogens with one attached hydrogen (secondary N) is 3. The summed E-state index contributed by atoms with van der Waals surface area (Å²) in [6.07, 6.45) is 0. The molecule has 0 aromatic carbocycles. The standard InChI is InChI=1S/C12H19N5O2S2/c1-4-13-5-10-12(9(3)16-17-10)21(18,19)14-6-11-15-8(2)7-20-11/h7,13-14H,4-6H2,1-3H3,(H,16,17). The van der Waals surface area contributed by atoms with Crippen molar-refractivity contribution in [1.82, 2.24) is 25.2 Å². The number of hydrogen-bond acceptors (Lipinski definition) is 6. The molecule has 0 unspecified atom stereocenters. The second kappa shape index (κ2) is 6.65. The summed E-state index contributed by atoms with van der Waals surface area (Å²) in [6, 6.07) is 0. The lowest BCUT2D eigenvalue weighted by Gasteiger charge is -2.07. The van der Waals surface area contributed by atoms with Crippen molar-refractivity contribution < 1.29 is 8.42 Å². The molecule has 2 aromatic rings. The van der Waals surface area contributed by atoms with Gasteiger partial charge < -0.3 is 5.32 Å². The van der Waals surface area contributed by atoms with E-state index in [-0.39, 0.29) is 11.4 Å². The Labute approximate surface area is 128 Å². The SMILES string of the molecule is CCNCc1n[nH]c(C)c1S(=O)(=O)NCc1nc(C)cs1. The van der Waals surface area contributed by atoms with E-state index in [1.54, 1.807) is 6.92 Å². The molecule has 0 fully saturated rings. The van der Waals surface area contributed by atoms with Gasteiger partial charge in [-0.25, -0.2) is 18.1 Å². The number of H-pyrrole nitrogens is 1. The zero-order chi connectivity index (χ0) is 15.5. The Morgan fingerprint density at radius 2 is 2.10 bits per heavy atom. The summed E-state index contributed by atoms with van der Waals surface area (Å²) in [4.78, 5) is 4.46. The smallest absolute Gasteiger partial charge is 0.244 e. The zero-order valence-corrected chi connectivity index (χ0v) is 13.9. The van der Waals surface area contributed by atoms with Gasteiger partial charge in [0, 0.05) is 17.6 Å². The second-order valence-corrected chi connectivity index (χ2v) is 7.26. The fraction of sp³-hybridized carbons (Fsp3) is 0.500. The summed E-state index contributed by atoms with van der Waals surface area (Å²) < 4.78 is 27.5. The zero-order valence-electron chi connectivity index (χ0n) is 12.2. The van der Waals surface area contributed by atoms with Gasteiger partial charge in [-0.1, -0.05) is 6.92 Å². The van der Waals surface area contributed by atoms with Gasteiger partial charge in [-0.05, 0) is 20.4 Å². The van der Waals surface area contributed by atoms with Crippen molar-refractivity contribution in [2.45, 2.75) is 38.8 Å². The van der Waals surface area contributed by atoms with Gasteiger partial charge in [-0.15, -0.1) is 11.3 Å². The van der Waals surface area contributed by atoms with Gasteiger partial charge in [0.25, 0.3) is 0 Å². The fourth-order valence-corrected chi connectivity index (χ4v) is 4.05. The Morgan fingerprint density at radius 3 is 2.71 bits per heavy atom. The molecule has 0 saturated carbocycles. The molecule has 0 bridgehead atoms. The molecule has 0 radical (unpaired) electrons. The lowest BCUT2D eigenvalue weighted by Crippen LogP contribution is -2.25. The average molecular weight is 329 g/mol.